The van der Waals surface area contributed by atoms with E-state index in [1.165, 1.54) is 0 Å². The summed E-state index contributed by atoms with van der Waals surface area (Å²) >= 11 is 0. The Labute approximate surface area is 66.0 Å². The zero-order valence-electron chi connectivity index (χ0n) is 6.87. The summed E-state index contributed by atoms with van der Waals surface area (Å²) in [6.45, 7) is 3.34. The van der Waals surface area contributed by atoms with Gasteiger partial charge in [0.2, 0.25) is 5.91 Å². The predicted octanol–water partition coefficient (Wildman–Crippen LogP) is -0.411. The van der Waals surface area contributed by atoms with Crippen LogP contribution >= 0.6 is 0 Å². The van der Waals surface area contributed by atoms with Gasteiger partial charge in [-0.1, -0.05) is 13.8 Å². The predicted molar refractivity (Wildman–Crippen MR) is 40.4 cm³/mol. The molecule has 0 bridgehead atoms. The van der Waals surface area contributed by atoms with Crippen molar-refractivity contribution in [1.82, 2.24) is 0 Å². The van der Waals surface area contributed by atoms with Crippen molar-refractivity contribution in [3.63, 3.8) is 0 Å². The lowest BCUT2D eigenvalue weighted by molar-refractivity contribution is -0.197. The summed E-state index contributed by atoms with van der Waals surface area (Å²) in [5, 5.41) is 18.4. The zero-order chi connectivity index (χ0) is 9.07. The van der Waals surface area contributed by atoms with Crippen LogP contribution in [0, 0.1) is 5.92 Å². The van der Waals surface area contributed by atoms with E-state index in [9.17, 15) is 15.0 Å². The summed E-state index contributed by atoms with van der Waals surface area (Å²) < 4.78 is 0. The third kappa shape index (κ3) is 3.95. The van der Waals surface area contributed by atoms with Crippen LogP contribution in [-0.4, -0.2) is 21.9 Å². The van der Waals surface area contributed by atoms with Gasteiger partial charge >= 0.3 is 0 Å². The highest BCUT2D eigenvalue weighted by Crippen LogP contribution is 2.18. The van der Waals surface area contributed by atoms with Crippen molar-refractivity contribution >= 4 is 5.91 Å². The number of rotatable bonds is 4. The molecule has 4 nitrogen and oxygen atoms in total. The molecule has 0 spiro atoms. The van der Waals surface area contributed by atoms with Crippen molar-refractivity contribution in [3.05, 3.63) is 0 Å². The summed E-state index contributed by atoms with van der Waals surface area (Å²) in [7, 11) is 0. The van der Waals surface area contributed by atoms with Crippen molar-refractivity contribution in [2.75, 3.05) is 0 Å². The molecule has 4 N–H and O–H groups in total. The van der Waals surface area contributed by atoms with Crippen LogP contribution in [0.25, 0.3) is 0 Å². The second kappa shape index (κ2) is 3.69. The first kappa shape index (κ1) is 10.4. The number of amides is 1. The van der Waals surface area contributed by atoms with Gasteiger partial charge in [-0.15, -0.1) is 0 Å². The van der Waals surface area contributed by atoms with Gasteiger partial charge in [-0.3, -0.25) is 4.79 Å². The second-order valence-electron chi connectivity index (χ2n) is 3.00. The van der Waals surface area contributed by atoms with Crippen molar-refractivity contribution in [2.45, 2.75) is 32.5 Å². The van der Waals surface area contributed by atoms with Gasteiger partial charge in [0.25, 0.3) is 0 Å². The molecule has 4 heteroatoms. The van der Waals surface area contributed by atoms with Crippen molar-refractivity contribution in [3.8, 4) is 0 Å². The molecule has 11 heavy (non-hydrogen) atoms. The van der Waals surface area contributed by atoms with E-state index in [-0.39, 0.29) is 18.8 Å². The molecule has 0 heterocycles. The highest BCUT2D eigenvalue weighted by Gasteiger charge is 2.27. The minimum atomic E-state index is -1.77. The summed E-state index contributed by atoms with van der Waals surface area (Å²) in [6.07, 6.45) is 0.00514. The topological polar surface area (TPSA) is 83.6 Å². The normalized spacial score (nSPS) is 12.1. The van der Waals surface area contributed by atoms with E-state index in [2.05, 4.69) is 0 Å². The first-order valence-corrected chi connectivity index (χ1v) is 3.59. The Balaban J connectivity index is 3.82. The van der Waals surface area contributed by atoms with Crippen LogP contribution in [0.4, 0.5) is 0 Å². The van der Waals surface area contributed by atoms with Gasteiger partial charge in [0, 0.05) is 18.8 Å². The maximum absolute atomic E-state index is 10.3. The Kier molecular flexibility index (Phi) is 3.48. The average Bonchev–Trinajstić information content (AvgIpc) is 1.84. The summed E-state index contributed by atoms with van der Waals surface area (Å²) in [4.78, 5) is 10.3. The third-order valence-corrected chi connectivity index (χ3v) is 1.66. The minimum Gasteiger partial charge on any atom is -0.370 e. The van der Waals surface area contributed by atoms with Crippen LogP contribution in [0.2, 0.25) is 0 Å². The Morgan fingerprint density at radius 3 is 2.27 bits per heavy atom. The van der Waals surface area contributed by atoms with Gasteiger partial charge in [0.1, 0.15) is 0 Å². The largest absolute Gasteiger partial charge is 0.370 e. The quantitative estimate of drug-likeness (QED) is 0.490. The van der Waals surface area contributed by atoms with E-state index in [1.54, 1.807) is 13.8 Å². The van der Waals surface area contributed by atoms with Crippen molar-refractivity contribution < 1.29 is 15.0 Å². The van der Waals surface area contributed by atoms with Crippen molar-refractivity contribution in [1.29, 1.82) is 0 Å². The van der Waals surface area contributed by atoms with Crippen LogP contribution in [0.1, 0.15) is 26.7 Å². The van der Waals surface area contributed by atoms with Gasteiger partial charge in [0.15, 0.2) is 5.79 Å². The van der Waals surface area contributed by atoms with Crippen LogP contribution in [0.15, 0.2) is 0 Å². The van der Waals surface area contributed by atoms with E-state index in [0.29, 0.717) is 0 Å². The Morgan fingerprint density at radius 1 is 1.55 bits per heavy atom. The number of carbonyl (C=O) groups excluding carboxylic acids is 1. The van der Waals surface area contributed by atoms with E-state index >= 15 is 0 Å². The number of hydrogen-bond acceptors (Lipinski definition) is 3. The number of nitrogens with two attached hydrogens (primary N) is 1. The standard InChI is InChI=1S/C7H15NO3/c1-5(2)7(10,11)4-3-6(8)9/h5,10-11H,3-4H2,1-2H3,(H2,8,9). The molecule has 0 saturated carbocycles. The number of carbonyl (C=O) groups is 1. The van der Waals surface area contributed by atoms with Gasteiger partial charge in [-0.05, 0) is 0 Å². The molecule has 66 valence electrons. The monoisotopic (exact) mass is 161 g/mol. The summed E-state index contributed by atoms with van der Waals surface area (Å²) in [5.74, 6) is -2.57. The van der Waals surface area contributed by atoms with Gasteiger partial charge in [-0.25, -0.2) is 0 Å². The summed E-state index contributed by atoms with van der Waals surface area (Å²) in [5.41, 5.74) is 4.84. The zero-order valence-corrected chi connectivity index (χ0v) is 6.87. The molecule has 0 radical (unpaired) electrons. The lowest BCUT2D eigenvalue weighted by Gasteiger charge is -2.25. The second-order valence-corrected chi connectivity index (χ2v) is 3.00. The fourth-order valence-corrected chi connectivity index (χ4v) is 0.596. The number of primary amides is 1. The van der Waals surface area contributed by atoms with Gasteiger partial charge in [0.05, 0.1) is 0 Å². The molecule has 0 fully saturated rings. The molecule has 0 aromatic carbocycles. The molecule has 0 saturated heterocycles. The van der Waals surface area contributed by atoms with Crippen LogP contribution < -0.4 is 5.73 Å². The fourth-order valence-electron chi connectivity index (χ4n) is 0.596. The lowest BCUT2D eigenvalue weighted by atomic mass is 9.98. The smallest absolute Gasteiger partial charge is 0.217 e. The van der Waals surface area contributed by atoms with Crippen LogP contribution in [0.5, 0.6) is 0 Å². The first-order chi connectivity index (χ1) is 4.86. The highest BCUT2D eigenvalue weighted by atomic mass is 16.5. The maximum atomic E-state index is 10.3. The molecule has 0 rings (SSSR count). The molecule has 1 amide bonds. The molecular weight excluding hydrogens is 146 g/mol. The van der Waals surface area contributed by atoms with E-state index in [1.807, 2.05) is 0 Å². The van der Waals surface area contributed by atoms with Gasteiger partial charge in [-0.2, -0.15) is 0 Å². The highest BCUT2D eigenvalue weighted by molar-refractivity contribution is 5.73. The minimum absolute atomic E-state index is 0. The summed E-state index contributed by atoms with van der Waals surface area (Å²) in [6, 6.07) is 0. The Hall–Kier alpha value is -0.610. The molecule has 0 atom stereocenters. The van der Waals surface area contributed by atoms with Crippen LogP contribution in [0.3, 0.4) is 0 Å². The molecule has 0 aliphatic rings. The Bertz CT molecular complexity index is 143. The molecule has 0 unspecified atom stereocenters. The van der Waals surface area contributed by atoms with Gasteiger partial charge < -0.3 is 15.9 Å². The maximum Gasteiger partial charge on any atom is 0.217 e. The first-order valence-electron chi connectivity index (χ1n) is 3.59. The fraction of sp³-hybridized carbons (Fsp3) is 0.857. The Morgan fingerprint density at radius 2 is 2.00 bits per heavy atom. The average molecular weight is 161 g/mol. The number of aliphatic hydroxyl groups is 2. The molecule has 0 aromatic heterocycles. The molecule has 0 aromatic rings. The van der Waals surface area contributed by atoms with E-state index < -0.39 is 11.7 Å². The lowest BCUT2D eigenvalue weighted by Crippen LogP contribution is -2.35. The number of hydrogen-bond donors (Lipinski definition) is 3. The molecular formula is C7H15NO3. The van der Waals surface area contributed by atoms with E-state index in [4.69, 9.17) is 5.73 Å². The SMILES string of the molecule is CC(C)C(O)(O)CCC(N)=O. The van der Waals surface area contributed by atoms with Crippen molar-refractivity contribution in [2.24, 2.45) is 11.7 Å². The van der Waals surface area contributed by atoms with E-state index in [0.717, 1.165) is 0 Å². The molecule has 0 aliphatic carbocycles. The molecule has 0 aliphatic heterocycles. The van der Waals surface area contributed by atoms with Crippen LogP contribution in [-0.2, 0) is 4.79 Å². The third-order valence-electron chi connectivity index (χ3n) is 1.66.